The zero-order valence-corrected chi connectivity index (χ0v) is 10.7. The van der Waals surface area contributed by atoms with Crippen molar-refractivity contribution < 1.29 is 14.1 Å². The lowest BCUT2D eigenvalue weighted by atomic mass is 9.94. The van der Waals surface area contributed by atoms with Gasteiger partial charge in [0.05, 0.1) is 20.1 Å². The van der Waals surface area contributed by atoms with E-state index in [0.29, 0.717) is 24.7 Å². The number of nitrogens with one attached hydrogen (secondary N) is 1. The van der Waals surface area contributed by atoms with Crippen molar-refractivity contribution in [3.05, 3.63) is 11.7 Å². The highest BCUT2D eigenvalue weighted by Crippen LogP contribution is 2.15. The molecule has 0 bridgehead atoms. The normalized spacial score (nSPS) is 14.4. The zero-order valence-electron chi connectivity index (χ0n) is 10.7. The molecule has 0 saturated heterocycles. The van der Waals surface area contributed by atoms with Crippen LogP contribution in [-0.2, 0) is 16.1 Å². The molecule has 0 spiro atoms. The number of carbonyl (C=O) groups excluding carboxylic acids is 1. The van der Waals surface area contributed by atoms with Gasteiger partial charge in [-0.05, 0) is 13.3 Å². The topological polar surface area (TPSA) is 77.2 Å². The standard InChI is InChI=1S/C11H19N3O3/c1-5-11(3,6-10(15)16-4)12-7-9-13-8(2)17-14-9/h12H,5-7H2,1-4H3/t11-/m1/s1. The lowest BCUT2D eigenvalue weighted by Crippen LogP contribution is -2.43. The van der Waals surface area contributed by atoms with Crippen molar-refractivity contribution in [1.29, 1.82) is 0 Å². The first-order valence-electron chi connectivity index (χ1n) is 5.60. The molecule has 0 aliphatic rings. The maximum absolute atomic E-state index is 11.3. The van der Waals surface area contributed by atoms with Crippen molar-refractivity contribution in [2.75, 3.05) is 7.11 Å². The Morgan fingerprint density at radius 2 is 2.29 bits per heavy atom. The van der Waals surface area contributed by atoms with Crippen LogP contribution >= 0.6 is 0 Å². The van der Waals surface area contributed by atoms with E-state index in [4.69, 9.17) is 4.52 Å². The third-order valence-electron chi connectivity index (χ3n) is 2.79. The first kappa shape index (κ1) is 13.6. The number of carbonyl (C=O) groups is 1. The quantitative estimate of drug-likeness (QED) is 0.754. The maximum atomic E-state index is 11.3. The molecule has 0 amide bonds. The molecular formula is C11H19N3O3. The Bertz CT molecular complexity index is 378. The lowest BCUT2D eigenvalue weighted by Gasteiger charge is -2.27. The Labute approximate surface area is 101 Å². The molecule has 0 radical (unpaired) electrons. The number of nitrogens with zero attached hydrogens (tertiary/aromatic N) is 2. The van der Waals surface area contributed by atoms with Crippen molar-refractivity contribution in [3.8, 4) is 0 Å². The summed E-state index contributed by atoms with van der Waals surface area (Å²) in [5, 5.41) is 7.04. The van der Waals surface area contributed by atoms with Gasteiger partial charge in [-0.3, -0.25) is 4.79 Å². The summed E-state index contributed by atoms with van der Waals surface area (Å²) in [6.45, 7) is 6.19. The van der Waals surface area contributed by atoms with Gasteiger partial charge in [-0.15, -0.1) is 0 Å². The summed E-state index contributed by atoms with van der Waals surface area (Å²) in [5.41, 5.74) is -0.318. The summed E-state index contributed by atoms with van der Waals surface area (Å²) in [4.78, 5) is 15.4. The van der Waals surface area contributed by atoms with Crippen LogP contribution in [0.5, 0.6) is 0 Å². The van der Waals surface area contributed by atoms with Gasteiger partial charge >= 0.3 is 5.97 Å². The van der Waals surface area contributed by atoms with Crippen molar-refractivity contribution in [2.45, 2.75) is 45.7 Å². The average molecular weight is 241 g/mol. The second-order valence-electron chi connectivity index (χ2n) is 4.25. The van der Waals surface area contributed by atoms with Crippen LogP contribution in [0.25, 0.3) is 0 Å². The van der Waals surface area contributed by atoms with Gasteiger partial charge in [0.1, 0.15) is 0 Å². The van der Waals surface area contributed by atoms with Gasteiger partial charge in [0.2, 0.25) is 5.89 Å². The molecule has 0 saturated carbocycles. The number of hydrogen-bond donors (Lipinski definition) is 1. The molecule has 1 N–H and O–H groups in total. The largest absolute Gasteiger partial charge is 0.469 e. The Kier molecular flexibility index (Phi) is 4.62. The molecule has 0 aliphatic heterocycles. The minimum atomic E-state index is -0.318. The Morgan fingerprint density at radius 3 is 2.76 bits per heavy atom. The second kappa shape index (κ2) is 5.77. The molecule has 1 aromatic heterocycles. The number of esters is 1. The molecule has 17 heavy (non-hydrogen) atoms. The minimum absolute atomic E-state index is 0.230. The SMILES string of the molecule is CC[C@](C)(CC(=O)OC)NCc1noc(C)n1. The number of hydrogen-bond acceptors (Lipinski definition) is 6. The van der Waals surface area contributed by atoms with E-state index in [9.17, 15) is 4.79 Å². The summed E-state index contributed by atoms with van der Waals surface area (Å²) in [5.74, 6) is 0.895. The molecule has 0 aliphatic carbocycles. The Balaban J connectivity index is 2.53. The lowest BCUT2D eigenvalue weighted by molar-refractivity contribution is -0.142. The van der Waals surface area contributed by atoms with Crippen LogP contribution in [0.1, 0.15) is 38.4 Å². The van der Waals surface area contributed by atoms with Gasteiger partial charge in [0, 0.05) is 12.5 Å². The van der Waals surface area contributed by atoms with Crippen molar-refractivity contribution in [2.24, 2.45) is 0 Å². The predicted molar refractivity (Wildman–Crippen MR) is 61.2 cm³/mol. The highest BCUT2D eigenvalue weighted by atomic mass is 16.5. The maximum Gasteiger partial charge on any atom is 0.307 e. The fourth-order valence-corrected chi connectivity index (χ4v) is 1.41. The molecule has 96 valence electrons. The van der Waals surface area contributed by atoms with Gasteiger partial charge < -0.3 is 14.6 Å². The Hall–Kier alpha value is -1.43. The fraction of sp³-hybridized carbons (Fsp3) is 0.727. The van der Waals surface area contributed by atoms with Gasteiger partial charge in [0.15, 0.2) is 5.82 Å². The molecule has 1 rings (SSSR count). The van der Waals surface area contributed by atoms with E-state index in [-0.39, 0.29) is 11.5 Å². The summed E-state index contributed by atoms with van der Waals surface area (Å²) < 4.78 is 9.55. The number of aromatic nitrogens is 2. The van der Waals surface area contributed by atoms with Crippen LogP contribution < -0.4 is 5.32 Å². The predicted octanol–water partition coefficient (Wildman–Crippen LogP) is 1.20. The van der Waals surface area contributed by atoms with Crippen LogP contribution in [0, 0.1) is 6.92 Å². The summed E-state index contributed by atoms with van der Waals surface area (Å²) in [6, 6.07) is 0. The molecule has 0 fully saturated rings. The fourth-order valence-electron chi connectivity index (χ4n) is 1.41. The Morgan fingerprint density at radius 1 is 1.59 bits per heavy atom. The third kappa shape index (κ3) is 4.14. The summed E-state index contributed by atoms with van der Waals surface area (Å²) in [7, 11) is 1.39. The molecule has 6 nitrogen and oxygen atoms in total. The van der Waals surface area contributed by atoms with Crippen LogP contribution in [0.4, 0.5) is 0 Å². The highest BCUT2D eigenvalue weighted by molar-refractivity contribution is 5.70. The highest BCUT2D eigenvalue weighted by Gasteiger charge is 2.26. The molecule has 6 heteroatoms. The van der Waals surface area contributed by atoms with Gasteiger partial charge in [-0.2, -0.15) is 4.98 Å². The number of ether oxygens (including phenoxy) is 1. The molecule has 1 aromatic rings. The van der Waals surface area contributed by atoms with E-state index in [0.717, 1.165) is 6.42 Å². The number of rotatable bonds is 6. The van der Waals surface area contributed by atoms with E-state index in [1.54, 1.807) is 6.92 Å². The van der Waals surface area contributed by atoms with E-state index in [1.807, 2.05) is 13.8 Å². The molecule has 0 aromatic carbocycles. The molecule has 0 unspecified atom stereocenters. The van der Waals surface area contributed by atoms with Gasteiger partial charge in [0.25, 0.3) is 0 Å². The molecule has 1 heterocycles. The monoisotopic (exact) mass is 241 g/mol. The molecule has 1 atom stereocenters. The van der Waals surface area contributed by atoms with Crippen molar-refractivity contribution in [1.82, 2.24) is 15.5 Å². The first-order chi connectivity index (χ1) is 7.99. The number of methoxy groups -OCH3 is 1. The third-order valence-corrected chi connectivity index (χ3v) is 2.79. The molecular weight excluding hydrogens is 222 g/mol. The van der Waals surface area contributed by atoms with E-state index in [1.165, 1.54) is 7.11 Å². The van der Waals surface area contributed by atoms with Crippen molar-refractivity contribution in [3.63, 3.8) is 0 Å². The van der Waals surface area contributed by atoms with Crippen LogP contribution in [0.15, 0.2) is 4.52 Å². The van der Waals surface area contributed by atoms with Gasteiger partial charge in [-0.25, -0.2) is 0 Å². The van der Waals surface area contributed by atoms with Crippen molar-refractivity contribution >= 4 is 5.97 Å². The van der Waals surface area contributed by atoms with E-state index >= 15 is 0 Å². The second-order valence-corrected chi connectivity index (χ2v) is 4.25. The van der Waals surface area contributed by atoms with E-state index < -0.39 is 0 Å². The van der Waals surface area contributed by atoms with Crippen LogP contribution in [0.2, 0.25) is 0 Å². The minimum Gasteiger partial charge on any atom is -0.469 e. The van der Waals surface area contributed by atoms with Crippen LogP contribution in [-0.4, -0.2) is 28.8 Å². The smallest absolute Gasteiger partial charge is 0.307 e. The zero-order chi connectivity index (χ0) is 12.9. The van der Waals surface area contributed by atoms with Gasteiger partial charge in [-0.1, -0.05) is 12.1 Å². The average Bonchev–Trinajstić information content (AvgIpc) is 2.72. The summed E-state index contributed by atoms with van der Waals surface area (Å²) in [6.07, 6.45) is 1.12. The summed E-state index contributed by atoms with van der Waals surface area (Å²) >= 11 is 0. The van der Waals surface area contributed by atoms with Crippen LogP contribution in [0.3, 0.4) is 0 Å². The first-order valence-corrected chi connectivity index (χ1v) is 5.60. The van der Waals surface area contributed by atoms with E-state index in [2.05, 4.69) is 20.2 Å². The number of aryl methyl sites for hydroxylation is 1.